The van der Waals surface area contributed by atoms with Crippen molar-refractivity contribution in [2.24, 2.45) is 0 Å². The van der Waals surface area contributed by atoms with E-state index in [-0.39, 0.29) is 5.56 Å². The molecule has 4 nitrogen and oxygen atoms in total. The average molecular weight is 374 g/mol. The molecular weight excluding hydrogens is 364 g/mol. The van der Waals surface area contributed by atoms with Gasteiger partial charge in [0, 0.05) is 6.20 Å². The Balaban J connectivity index is 2.31. The van der Waals surface area contributed by atoms with Crippen LogP contribution >= 0.6 is 31.9 Å². The fourth-order valence-corrected chi connectivity index (χ4v) is 2.60. The third kappa shape index (κ3) is 3.00. The van der Waals surface area contributed by atoms with Crippen LogP contribution in [0, 0.1) is 0 Å². The molecule has 0 amide bonds. The quantitative estimate of drug-likeness (QED) is 0.830. The summed E-state index contributed by atoms with van der Waals surface area (Å²) in [5, 5.41) is 0. The molecule has 18 heavy (non-hydrogen) atoms. The molecule has 2 aromatic rings. The summed E-state index contributed by atoms with van der Waals surface area (Å²) in [4.78, 5) is 15.8. The number of rotatable bonds is 3. The molecule has 0 N–H and O–H groups in total. The maximum atomic E-state index is 11.9. The first kappa shape index (κ1) is 13.3. The minimum atomic E-state index is -0.158. The number of benzene rings is 1. The first-order chi connectivity index (χ1) is 8.60. The molecule has 0 saturated carbocycles. The molecule has 0 saturated heterocycles. The normalized spacial score (nSPS) is 10.4. The second kappa shape index (κ2) is 5.67. The number of methoxy groups -OCH3 is 1. The van der Waals surface area contributed by atoms with Gasteiger partial charge in [0.05, 0.1) is 13.7 Å². The van der Waals surface area contributed by atoms with Gasteiger partial charge in [0.25, 0.3) is 5.56 Å². The number of hydrogen-bond acceptors (Lipinski definition) is 3. The zero-order valence-electron chi connectivity index (χ0n) is 9.56. The first-order valence-electron chi connectivity index (χ1n) is 5.15. The van der Waals surface area contributed by atoms with Crippen molar-refractivity contribution >= 4 is 31.9 Å². The van der Waals surface area contributed by atoms with E-state index >= 15 is 0 Å². The minimum Gasteiger partial charge on any atom is -0.497 e. The second-order valence-corrected chi connectivity index (χ2v) is 5.20. The van der Waals surface area contributed by atoms with E-state index in [1.165, 1.54) is 0 Å². The monoisotopic (exact) mass is 372 g/mol. The molecular formula is C12H10Br2N2O2. The van der Waals surface area contributed by atoms with Gasteiger partial charge in [-0.3, -0.25) is 4.79 Å². The first-order valence-corrected chi connectivity index (χ1v) is 6.74. The summed E-state index contributed by atoms with van der Waals surface area (Å²) in [6, 6.07) is 7.58. The van der Waals surface area contributed by atoms with Crippen LogP contribution in [-0.4, -0.2) is 16.7 Å². The summed E-state index contributed by atoms with van der Waals surface area (Å²) in [5.74, 6) is 0.795. The molecule has 2 rings (SSSR count). The van der Waals surface area contributed by atoms with Crippen LogP contribution in [0.5, 0.6) is 5.75 Å². The van der Waals surface area contributed by atoms with Gasteiger partial charge >= 0.3 is 0 Å². The zero-order chi connectivity index (χ0) is 13.1. The van der Waals surface area contributed by atoms with Crippen LogP contribution in [0.4, 0.5) is 0 Å². The van der Waals surface area contributed by atoms with E-state index in [4.69, 9.17) is 4.74 Å². The molecule has 1 aromatic heterocycles. The van der Waals surface area contributed by atoms with Crippen LogP contribution < -0.4 is 10.3 Å². The Morgan fingerprint density at radius 1 is 1.28 bits per heavy atom. The summed E-state index contributed by atoms with van der Waals surface area (Å²) < 4.78 is 7.58. The van der Waals surface area contributed by atoms with E-state index < -0.39 is 0 Å². The number of ether oxygens (including phenoxy) is 1. The maximum absolute atomic E-state index is 11.9. The van der Waals surface area contributed by atoms with Gasteiger partial charge < -0.3 is 9.30 Å². The van der Waals surface area contributed by atoms with Gasteiger partial charge in [-0.15, -0.1) is 0 Å². The summed E-state index contributed by atoms with van der Waals surface area (Å²) in [6.45, 7) is 0.489. The largest absolute Gasteiger partial charge is 0.497 e. The highest BCUT2D eigenvalue weighted by atomic mass is 79.9. The van der Waals surface area contributed by atoms with E-state index in [1.54, 1.807) is 17.9 Å². The molecule has 1 aromatic carbocycles. The molecule has 0 unspecified atom stereocenters. The summed E-state index contributed by atoms with van der Waals surface area (Å²) in [5.41, 5.74) is 0.858. The fraction of sp³-hybridized carbons (Fsp3) is 0.167. The predicted molar refractivity (Wildman–Crippen MR) is 76.0 cm³/mol. The third-order valence-electron chi connectivity index (χ3n) is 2.42. The van der Waals surface area contributed by atoms with Gasteiger partial charge in [0.1, 0.15) is 10.4 Å². The summed E-state index contributed by atoms with van der Waals surface area (Å²) in [7, 11) is 1.62. The van der Waals surface area contributed by atoms with Crippen LogP contribution in [-0.2, 0) is 6.54 Å². The van der Waals surface area contributed by atoms with Crippen molar-refractivity contribution in [1.29, 1.82) is 0 Å². The highest BCUT2D eigenvalue weighted by molar-refractivity contribution is 9.11. The molecule has 1 heterocycles. The van der Waals surface area contributed by atoms with Gasteiger partial charge in [-0.1, -0.05) is 12.1 Å². The molecule has 0 radical (unpaired) electrons. The maximum Gasteiger partial charge on any atom is 0.284 e. The van der Waals surface area contributed by atoms with Crippen molar-refractivity contribution in [2.45, 2.75) is 6.54 Å². The Kier molecular flexibility index (Phi) is 4.19. The summed E-state index contributed by atoms with van der Waals surface area (Å²) >= 11 is 6.40. The van der Waals surface area contributed by atoms with Crippen molar-refractivity contribution in [3.8, 4) is 5.75 Å². The lowest BCUT2D eigenvalue weighted by atomic mass is 10.2. The lowest BCUT2D eigenvalue weighted by molar-refractivity contribution is 0.414. The second-order valence-electron chi connectivity index (χ2n) is 3.64. The highest BCUT2D eigenvalue weighted by Crippen LogP contribution is 2.13. The highest BCUT2D eigenvalue weighted by Gasteiger charge is 2.05. The van der Waals surface area contributed by atoms with Crippen LogP contribution in [0.2, 0.25) is 0 Å². The molecule has 6 heteroatoms. The van der Waals surface area contributed by atoms with E-state index in [1.807, 2.05) is 24.3 Å². The van der Waals surface area contributed by atoms with Crippen molar-refractivity contribution < 1.29 is 4.74 Å². The molecule has 0 atom stereocenters. The van der Waals surface area contributed by atoms with Crippen molar-refractivity contribution in [2.75, 3.05) is 7.11 Å². The Hall–Kier alpha value is -1.14. The van der Waals surface area contributed by atoms with E-state index in [2.05, 4.69) is 36.8 Å². The molecule has 0 spiro atoms. The smallest absolute Gasteiger partial charge is 0.284 e. The lowest BCUT2D eigenvalue weighted by Crippen LogP contribution is -2.22. The van der Waals surface area contributed by atoms with E-state index in [9.17, 15) is 4.79 Å². The van der Waals surface area contributed by atoms with Crippen molar-refractivity contribution in [3.05, 3.63) is 55.6 Å². The molecule has 0 aliphatic heterocycles. The van der Waals surface area contributed by atoms with Gasteiger partial charge in [-0.05, 0) is 49.6 Å². The average Bonchev–Trinajstić information content (AvgIpc) is 2.36. The predicted octanol–water partition coefficient (Wildman–Crippen LogP) is 2.83. The SMILES string of the molecule is COc1ccc(Cn2cc(Br)nc(Br)c2=O)cc1. The van der Waals surface area contributed by atoms with Gasteiger partial charge in [-0.25, -0.2) is 4.98 Å². The van der Waals surface area contributed by atoms with Crippen LogP contribution in [0.25, 0.3) is 0 Å². The molecule has 0 fully saturated rings. The van der Waals surface area contributed by atoms with Gasteiger partial charge in [-0.2, -0.15) is 0 Å². The van der Waals surface area contributed by atoms with E-state index in [0.29, 0.717) is 15.8 Å². The number of halogens is 2. The third-order valence-corrected chi connectivity index (χ3v) is 3.32. The standard InChI is InChI=1S/C12H10Br2N2O2/c1-18-9-4-2-8(3-5-9)6-16-7-10(13)15-11(14)12(16)17/h2-5,7H,6H2,1H3. The molecule has 0 aliphatic carbocycles. The molecule has 94 valence electrons. The van der Waals surface area contributed by atoms with Crippen LogP contribution in [0.3, 0.4) is 0 Å². The van der Waals surface area contributed by atoms with Gasteiger partial charge in [0.15, 0.2) is 4.60 Å². The topological polar surface area (TPSA) is 44.1 Å². The fourth-order valence-electron chi connectivity index (χ4n) is 1.52. The number of aromatic nitrogens is 2. The Morgan fingerprint density at radius 3 is 2.56 bits per heavy atom. The zero-order valence-corrected chi connectivity index (χ0v) is 12.7. The Morgan fingerprint density at radius 2 is 1.94 bits per heavy atom. The minimum absolute atomic E-state index is 0.158. The van der Waals surface area contributed by atoms with Crippen molar-refractivity contribution in [3.63, 3.8) is 0 Å². The van der Waals surface area contributed by atoms with Crippen molar-refractivity contribution in [1.82, 2.24) is 9.55 Å². The lowest BCUT2D eigenvalue weighted by Gasteiger charge is -2.07. The van der Waals surface area contributed by atoms with Crippen LogP contribution in [0.15, 0.2) is 44.5 Å². The number of hydrogen-bond donors (Lipinski definition) is 0. The summed E-state index contributed by atoms with van der Waals surface area (Å²) in [6.07, 6.45) is 1.66. The molecule has 0 bridgehead atoms. The Labute approximate surface area is 121 Å². The van der Waals surface area contributed by atoms with E-state index in [0.717, 1.165) is 11.3 Å². The van der Waals surface area contributed by atoms with Gasteiger partial charge in [0.2, 0.25) is 0 Å². The van der Waals surface area contributed by atoms with Crippen LogP contribution in [0.1, 0.15) is 5.56 Å². The molecule has 0 aliphatic rings. The Bertz CT molecular complexity index is 608. The number of nitrogens with zero attached hydrogens (tertiary/aromatic N) is 2.